The van der Waals surface area contributed by atoms with Gasteiger partial charge in [0.1, 0.15) is 0 Å². The highest BCUT2D eigenvalue weighted by atomic mass is 35.5. The number of benzene rings is 1. The normalized spacial score (nSPS) is 12.3. The second-order valence-corrected chi connectivity index (χ2v) is 5.12. The molecular weight excluding hydrogens is 284 g/mol. The van der Waals surface area contributed by atoms with Crippen LogP contribution in [0.5, 0.6) is 0 Å². The van der Waals surface area contributed by atoms with E-state index in [-0.39, 0.29) is 6.04 Å². The van der Waals surface area contributed by atoms with Crippen molar-refractivity contribution in [2.45, 2.75) is 6.04 Å². The molecule has 0 aliphatic carbocycles. The predicted molar refractivity (Wildman–Crippen MR) is 86.4 cm³/mol. The number of nitrogens with zero attached hydrogens (tertiary/aromatic N) is 2. The average molecular weight is 299 g/mol. The third-order valence-corrected chi connectivity index (χ3v) is 3.70. The lowest BCUT2D eigenvalue weighted by molar-refractivity contribution is 0.786. The van der Waals surface area contributed by atoms with Crippen LogP contribution < -0.4 is 11.1 Å². The zero-order valence-electron chi connectivity index (χ0n) is 11.3. The monoisotopic (exact) mass is 298 g/mol. The van der Waals surface area contributed by atoms with E-state index in [0.717, 1.165) is 22.2 Å². The molecule has 0 fully saturated rings. The van der Waals surface area contributed by atoms with Crippen LogP contribution in [0, 0.1) is 0 Å². The van der Waals surface area contributed by atoms with E-state index in [0.29, 0.717) is 11.6 Å². The SMILES string of the molecule is NCC(Nc1ccc(Cl)c2cccnc12)c1cccnc1. The van der Waals surface area contributed by atoms with Gasteiger partial charge in [-0.05, 0) is 35.9 Å². The lowest BCUT2D eigenvalue weighted by Gasteiger charge is -2.19. The summed E-state index contributed by atoms with van der Waals surface area (Å²) in [7, 11) is 0. The summed E-state index contributed by atoms with van der Waals surface area (Å²) >= 11 is 6.21. The summed E-state index contributed by atoms with van der Waals surface area (Å²) in [6.07, 6.45) is 5.32. The summed E-state index contributed by atoms with van der Waals surface area (Å²) in [6, 6.07) is 11.5. The van der Waals surface area contributed by atoms with E-state index in [1.807, 2.05) is 42.6 Å². The summed E-state index contributed by atoms with van der Waals surface area (Å²) in [4.78, 5) is 8.56. The Hall–Kier alpha value is -2.17. The number of hydrogen-bond acceptors (Lipinski definition) is 4. The summed E-state index contributed by atoms with van der Waals surface area (Å²) in [5, 5.41) is 5.04. The Morgan fingerprint density at radius 3 is 2.76 bits per heavy atom. The fraction of sp³-hybridized carbons (Fsp3) is 0.125. The van der Waals surface area contributed by atoms with E-state index < -0.39 is 0 Å². The highest BCUT2D eigenvalue weighted by molar-refractivity contribution is 6.35. The van der Waals surface area contributed by atoms with Crippen LogP contribution in [0.15, 0.2) is 55.0 Å². The van der Waals surface area contributed by atoms with Crippen molar-refractivity contribution in [2.24, 2.45) is 5.73 Å². The molecular formula is C16H15ClN4. The molecule has 2 aromatic heterocycles. The summed E-state index contributed by atoms with van der Waals surface area (Å²) < 4.78 is 0. The minimum Gasteiger partial charge on any atom is -0.375 e. The van der Waals surface area contributed by atoms with Gasteiger partial charge in [-0.25, -0.2) is 0 Å². The van der Waals surface area contributed by atoms with Gasteiger partial charge in [-0.1, -0.05) is 17.7 Å². The molecule has 0 aliphatic heterocycles. The largest absolute Gasteiger partial charge is 0.375 e. The number of pyridine rings is 2. The fourth-order valence-corrected chi connectivity index (χ4v) is 2.52. The van der Waals surface area contributed by atoms with Crippen molar-refractivity contribution in [1.82, 2.24) is 9.97 Å². The van der Waals surface area contributed by atoms with E-state index in [4.69, 9.17) is 17.3 Å². The van der Waals surface area contributed by atoms with Crippen LogP contribution in [0.4, 0.5) is 5.69 Å². The molecule has 0 saturated heterocycles. The highest BCUT2D eigenvalue weighted by Crippen LogP contribution is 2.30. The first-order valence-corrected chi connectivity index (χ1v) is 7.07. The van der Waals surface area contributed by atoms with Crippen molar-refractivity contribution in [2.75, 3.05) is 11.9 Å². The molecule has 0 aliphatic rings. The van der Waals surface area contributed by atoms with Crippen LogP contribution in [-0.2, 0) is 0 Å². The first-order chi connectivity index (χ1) is 10.3. The van der Waals surface area contributed by atoms with Crippen LogP contribution >= 0.6 is 11.6 Å². The molecule has 1 aromatic carbocycles. The molecule has 1 atom stereocenters. The third kappa shape index (κ3) is 2.82. The number of rotatable bonds is 4. The lowest BCUT2D eigenvalue weighted by atomic mass is 10.1. The average Bonchev–Trinajstić information content (AvgIpc) is 2.55. The van der Waals surface area contributed by atoms with E-state index in [9.17, 15) is 0 Å². The third-order valence-electron chi connectivity index (χ3n) is 3.37. The quantitative estimate of drug-likeness (QED) is 0.775. The van der Waals surface area contributed by atoms with Crippen molar-refractivity contribution in [3.63, 3.8) is 0 Å². The minimum atomic E-state index is -0.0231. The van der Waals surface area contributed by atoms with E-state index in [2.05, 4.69) is 15.3 Å². The molecule has 3 N–H and O–H groups in total. The van der Waals surface area contributed by atoms with Gasteiger partial charge in [-0.15, -0.1) is 0 Å². The molecule has 5 heteroatoms. The molecule has 1 unspecified atom stereocenters. The molecule has 0 bridgehead atoms. The fourth-order valence-electron chi connectivity index (χ4n) is 2.30. The molecule has 4 nitrogen and oxygen atoms in total. The van der Waals surface area contributed by atoms with Crippen molar-refractivity contribution in [1.29, 1.82) is 0 Å². The van der Waals surface area contributed by atoms with Gasteiger partial charge in [0.2, 0.25) is 0 Å². The van der Waals surface area contributed by atoms with Crippen molar-refractivity contribution in [3.05, 3.63) is 65.6 Å². The van der Waals surface area contributed by atoms with E-state index in [1.54, 1.807) is 12.4 Å². The molecule has 0 radical (unpaired) electrons. The van der Waals surface area contributed by atoms with E-state index in [1.165, 1.54) is 0 Å². The van der Waals surface area contributed by atoms with Gasteiger partial charge in [-0.2, -0.15) is 0 Å². The number of hydrogen-bond donors (Lipinski definition) is 2. The first-order valence-electron chi connectivity index (χ1n) is 6.69. The Morgan fingerprint density at radius 2 is 2.00 bits per heavy atom. The molecule has 0 amide bonds. The van der Waals surface area contributed by atoms with Crippen LogP contribution in [-0.4, -0.2) is 16.5 Å². The van der Waals surface area contributed by atoms with Gasteiger partial charge in [0.15, 0.2) is 0 Å². The number of nitrogens with two attached hydrogens (primary N) is 1. The second-order valence-electron chi connectivity index (χ2n) is 4.71. The molecule has 3 rings (SSSR count). The zero-order chi connectivity index (χ0) is 14.7. The summed E-state index contributed by atoms with van der Waals surface area (Å²) in [5.41, 5.74) is 8.68. The van der Waals surface area contributed by atoms with Crippen LogP contribution in [0.25, 0.3) is 10.9 Å². The van der Waals surface area contributed by atoms with Gasteiger partial charge >= 0.3 is 0 Å². The number of anilines is 1. The van der Waals surface area contributed by atoms with Gasteiger partial charge in [0.05, 0.1) is 22.3 Å². The molecule has 3 aromatic rings. The number of nitrogens with one attached hydrogen (secondary N) is 1. The Kier molecular flexibility index (Phi) is 3.99. The smallest absolute Gasteiger partial charge is 0.0948 e. The minimum absolute atomic E-state index is 0.0231. The van der Waals surface area contributed by atoms with Gasteiger partial charge in [0, 0.05) is 30.5 Å². The second kappa shape index (κ2) is 6.08. The Balaban J connectivity index is 1.99. The number of fused-ring (bicyclic) bond motifs is 1. The van der Waals surface area contributed by atoms with Crippen molar-refractivity contribution < 1.29 is 0 Å². The number of aromatic nitrogens is 2. The first kappa shape index (κ1) is 13.8. The van der Waals surface area contributed by atoms with Crippen molar-refractivity contribution in [3.8, 4) is 0 Å². The molecule has 21 heavy (non-hydrogen) atoms. The zero-order valence-corrected chi connectivity index (χ0v) is 12.1. The Bertz CT molecular complexity index is 746. The molecule has 106 valence electrons. The van der Waals surface area contributed by atoms with Gasteiger partial charge in [-0.3, -0.25) is 9.97 Å². The maximum absolute atomic E-state index is 6.21. The van der Waals surface area contributed by atoms with Crippen molar-refractivity contribution >= 4 is 28.2 Å². The summed E-state index contributed by atoms with van der Waals surface area (Å²) in [5.74, 6) is 0. The maximum atomic E-state index is 6.21. The topological polar surface area (TPSA) is 63.8 Å². The molecule has 0 saturated carbocycles. The van der Waals surface area contributed by atoms with Crippen LogP contribution in [0.2, 0.25) is 5.02 Å². The molecule has 2 heterocycles. The standard InChI is InChI=1S/C16H15ClN4/c17-13-5-6-14(16-12(13)4-2-8-20-16)21-15(9-18)11-3-1-7-19-10-11/h1-8,10,15,21H,9,18H2. The highest BCUT2D eigenvalue weighted by Gasteiger charge is 2.12. The molecule has 0 spiro atoms. The summed E-state index contributed by atoms with van der Waals surface area (Å²) in [6.45, 7) is 0.461. The van der Waals surface area contributed by atoms with Gasteiger partial charge < -0.3 is 11.1 Å². The number of halogens is 1. The Morgan fingerprint density at radius 1 is 1.14 bits per heavy atom. The lowest BCUT2D eigenvalue weighted by Crippen LogP contribution is -2.20. The van der Waals surface area contributed by atoms with E-state index >= 15 is 0 Å². The van der Waals surface area contributed by atoms with Crippen LogP contribution in [0.3, 0.4) is 0 Å². The van der Waals surface area contributed by atoms with Gasteiger partial charge in [0.25, 0.3) is 0 Å². The maximum Gasteiger partial charge on any atom is 0.0948 e. The van der Waals surface area contributed by atoms with Crippen LogP contribution in [0.1, 0.15) is 11.6 Å². The Labute approximate surface area is 128 Å². The predicted octanol–water partition coefficient (Wildman–Crippen LogP) is 3.40.